The van der Waals surface area contributed by atoms with Crippen molar-refractivity contribution in [2.24, 2.45) is 0 Å². The van der Waals surface area contributed by atoms with Crippen LogP contribution in [0.25, 0.3) is 0 Å². The monoisotopic (exact) mass is 359 g/mol. The lowest BCUT2D eigenvalue weighted by Crippen LogP contribution is -2.25. The van der Waals surface area contributed by atoms with Crippen LogP contribution in [0.2, 0.25) is 0 Å². The molecule has 1 aliphatic heterocycles. The van der Waals surface area contributed by atoms with Crippen LogP contribution < -0.4 is 9.08 Å². The lowest BCUT2D eigenvalue weighted by Gasteiger charge is -2.16. The molecule has 1 aliphatic rings. The van der Waals surface area contributed by atoms with E-state index in [0.29, 0.717) is 18.7 Å². The van der Waals surface area contributed by atoms with Crippen LogP contribution in [0.3, 0.4) is 0 Å². The SMILES string of the molecule is CC(=O)N1CCc2cc(S(=O)(=O)Oc3ccccc3C(C)C)ccc21. The first-order valence-electron chi connectivity index (χ1n) is 8.24. The van der Waals surface area contributed by atoms with Gasteiger partial charge in [0, 0.05) is 19.2 Å². The van der Waals surface area contributed by atoms with Gasteiger partial charge in [-0.1, -0.05) is 32.0 Å². The predicted molar refractivity (Wildman–Crippen MR) is 96.5 cm³/mol. The van der Waals surface area contributed by atoms with E-state index in [-0.39, 0.29) is 16.7 Å². The van der Waals surface area contributed by atoms with Crippen LogP contribution in [-0.4, -0.2) is 20.9 Å². The van der Waals surface area contributed by atoms with Crippen LogP contribution in [0, 0.1) is 0 Å². The van der Waals surface area contributed by atoms with Gasteiger partial charge in [0.25, 0.3) is 0 Å². The number of fused-ring (bicyclic) bond motifs is 1. The van der Waals surface area contributed by atoms with Crippen LogP contribution in [0.15, 0.2) is 47.4 Å². The van der Waals surface area contributed by atoms with E-state index in [1.807, 2.05) is 26.0 Å². The highest BCUT2D eigenvalue weighted by molar-refractivity contribution is 7.87. The Morgan fingerprint density at radius 1 is 1.16 bits per heavy atom. The summed E-state index contributed by atoms with van der Waals surface area (Å²) in [5.74, 6) is 0.454. The van der Waals surface area contributed by atoms with Gasteiger partial charge in [0.15, 0.2) is 0 Å². The number of hydrogen-bond donors (Lipinski definition) is 0. The molecule has 132 valence electrons. The summed E-state index contributed by atoms with van der Waals surface area (Å²) in [7, 11) is -3.93. The van der Waals surface area contributed by atoms with Crippen molar-refractivity contribution in [1.29, 1.82) is 0 Å². The minimum atomic E-state index is -3.93. The Morgan fingerprint density at radius 3 is 2.56 bits per heavy atom. The second-order valence-corrected chi connectivity index (χ2v) is 7.99. The molecular formula is C19H21NO4S. The first kappa shape index (κ1) is 17.5. The zero-order valence-corrected chi connectivity index (χ0v) is 15.3. The molecular weight excluding hydrogens is 338 g/mol. The standard InChI is InChI=1S/C19H21NO4S/c1-13(2)17-6-4-5-7-19(17)24-25(22,23)16-8-9-18-15(12-16)10-11-20(18)14(3)21/h4-9,12-13H,10-11H2,1-3H3. The number of benzene rings is 2. The molecule has 0 saturated carbocycles. The van der Waals surface area contributed by atoms with Crippen molar-refractivity contribution in [2.75, 3.05) is 11.4 Å². The van der Waals surface area contributed by atoms with Crippen molar-refractivity contribution >= 4 is 21.7 Å². The van der Waals surface area contributed by atoms with Gasteiger partial charge in [-0.2, -0.15) is 8.42 Å². The molecule has 5 nitrogen and oxygen atoms in total. The minimum absolute atomic E-state index is 0.0449. The van der Waals surface area contributed by atoms with Gasteiger partial charge in [0.05, 0.1) is 0 Å². The molecule has 0 bridgehead atoms. The number of carbonyl (C=O) groups is 1. The summed E-state index contributed by atoms with van der Waals surface area (Å²) in [6.45, 7) is 6.05. The molecule has 6 heteroatoms. The Labute approximate surface area is 148 Å². The molecule has 0 aliphatic carbocycles. The van der Waals surface area contributed by atoms with E-state index in [4.69, 9.17) is 4.18 Å². The first-order chi connectivity index (χ1) is 11.8. The molecule has 0 spiro atoms. The maximum atomic E-state index is 12.7. The van der Waals surface area contributed by atoms with E-state index in [1.54, 1.807) is 29.2 Å². The average molecular weight is 359 g/mol. The lowest BCUT2D eigenvalue weighted by molar-refractivity contribution is -0.116. The summed E-state index contributed by atoms with van der Waals surface area (Å²) in [4.78, 5) is 13.4. The number of amides is 1. The van der Waals surface area contributed by atoms with Gasteiger partial charge in [-0.05, 0) is 47.7 Å². The third-order valence-corrected chi connectivity index (χ3v) is 5.59. The first-order valence-corrected chi connectivity index (χ1v) is 9.65. The van der Waals surface area contributed by atoms with E-state index < -0.39 is 10.1 Å². The largest absolute Gasteiger partial charge is 0.379 e. The summed E-state index contributed by atoms with van der Waals surface area (Å²) in [6, 6.07) is 11.9. The van der Waals surface area contributed by atoms with E-state index in [0.717, 1.165) is 16.8 Å². The summed E-state index contributed by atoms with van der Waals surface area (Å²) in [5.41, 5.74) is 2.46. The maximum Gasteiger partial charge on any atom is 0.339 e. The Kier molecular flexibility index (Phi) is 4.56. The Morgan fingerprint density at radius 2 is 1.88 bits per heavy atom. The molecule has 1 heterocycles. The van der Waals surface area contributed by atoms with Crippen molar-refractivity contribution in [1.82, 2.24) is 0 Å². The van der Waals surface area contributed by atoms with Crippen LogP contribution in [0.1, 0.15) is 37.8 Å². The quantitative estimate of drug-likeness (QED) is 0.784. The molecule has 1 amide bonds. The Bertz CT molecular complexity index is 919. The van der Waals surface area contributed by atoms with Crippen LogP contribution in [0.4, 0.5) is 5.69 Å². The molecule has 0 saturated heterocycles. The van der Waals surface area contributed by atoms with Gasteiger partial charge in [0.2, 0.25) is 5.91 Å². The summed E-state index contributed by atoms with van der Waals surface area (Å²) in [5, 5.41) is 0. The Balaban J connectivity index is 1.93. The van der Waals surface area contributed by atoms with Gasteiger partial charge < -0.3 is 9.08 Å². The van der Waals surface area contributed by atoms with Crippen molar-refractivity contribution in [2.45, 2.75) is 38.0 Å². The molecule has 0 atom stereocenters. The summed E-state index contributed by atoms with van der Waals surface area (Å²) in [6.07, 6.45) is 0.640. The zero-order valence-electron chi connectivity index (χ0n) is 14.5. The number of anilines is 1. The average Bonchev–Trinajstić information content (AvgIpc) is 2.98. The van der Waals surface area contributed by atoms with Crippen LogP contribution in [0.5, 0.6) is 5.75 Å². The number of para-hydroxylation sites is 1. The fraction of sp³-hybridized carbons (Fsp3) is 0.316. The van der Waals surface area contributed by atoms with Crippen molar-refractivity contribution in [3.8, 4) is 5.75 Å². The van der Waals surface area contributed by atoms with Crippen LogP contribution in [-0.2, 0) is 21.3 Å². The molecule has 0 fully saturated rings. The molecule has 25 heavy (non-hydrogen) atoms. The van der Waals surface area contributed by atoms with Crippen molar-refractivity contribution in [3.63, 3.8) is 0 Å². The second kappa shape index (κ2) is 6.52. The fourth-order valence-electron chi connectivity index (χ4n) is 3.06. The van der Waals surface area contributed by atoms with Crippen LogP contribution >= 0.6 is 0 Å². The fourth-order valence-corrected chi connectivity index (χ4v) is 4.07. The third-order valence-electron chi connectivity index (χ3n) is 4.36. The van der Waals surface area contributed by atoms with E-state index in [9.17, 15) is 13.2 Å². The van der Waals surface area contributed by atoms with Gasteiger partial charge in [-0.25, -0.2) is 0 Å². The molecule has 0 unspecified atom stereocenters. The number of nitrogens with zero attached hydrogens (tertiary/aromatic N) is 1. The topological polar surface area (TPSA) is 63.7 Å². The van der Waals surface area contributed by atoms with Gasteiger partial charge in [-0.15, -0.1) is 0 Å². The van der Waals surface area contributed by atoms with Crippen molar-refractivity contribution in [3.05, 3.63) is 53.6 Å². The molecule has 2 aromatic carbocycles. The minimum Gasteiger partial charge on any atom is -0.379 e. The summed E-state index contributed by atoms with van der Waals surface area (Å²) < 4.78 is 30.8. The smallest absolute Gasteiger partial charge is 0.339 e. The predicted octanol–water partition coefficient (Wildman–Crippen LogP) is 3.49. The molecule has 2 aromatic rings. The number of rotatable bonds is 4. The van der Waals surface area contributed by atoms with E-state index >= 15 is 0 Å². The Hall–Kier alpha value is -2.34. The highest BCUT2D eigenvalue weighted by atomic mass is 32.2. The normalized spacial score (nSPS) is 13.8. The number of carbonyl (C=O) groups excluding carboxylic acids is 1. The highest BCUT2D eigenvalue weighted by Crippen LogP contribution is 2.32. The molecule has 0 radical (unpaired) electrons. The number of hydrogen-bond acceptors (Lipinski definition) is 4. The van der Waals surface area contributed by atoms with Gasteiger partial charge >= 0.3 is 10.1 Å². The highest BCUT2D eigenvalue weighted by Gasteiger charge is 2.26. The molecule has 0 aromatic heterocycles. The van der Waals surface area contributed by atoms with Gasteiger partial charge in [-0.3, -0.25) is 4.79 Å². The lowest BCUT2D eigenvalue weighted by atomic mass is 10.0. The van der Waals surface area contributed by atoms with E-state index in [1.165, 1.54) is 13.0 Å². The van der Waals surface area contributed by atoms with Gasteiger partial charge in [0.1, 0.15) is 10.6 Å². The third kappa shape index (κ3) is 3.39. The molecule has 3 rings (SSSR count). The zero-order chi connectivity index (χ0) is 18.2. The van der Waals surface area contributed by atoms with E-state index in [2.05, 4.69) is 0 Å². The second-order valence-electron chi connectivity index (χ2n) is 6.44. The maximum absolute atomic E-state index is 12.7. The van der Waals surface area contributed by atoms with Crippen molar-refractivity contribution < 1.29 is 17.4 Å². The summed E-state index contributed by atoms with van der Waals surface area (Å²) >= 11 is 0. The molecule has 0 N–H and O–H groups in total.